The lowest BCUT2D eigenvalue weighted by molar-refractivity contribution is -0.139. The zero-order valence-corrected chi connectivity index (χ0v) is 20.7. The van der Waals surface area contributed by atoms with E-state index in [1.54, 1.807) is 34.6 Å². The van der Waals surface area contributed by atoms with Gasteiger partial charge in [-0.1, -0.05) is 44.0 Å². The zero-order valence-electron chi connectivity index (χ0n) is 20.7. The molecule has 1 aromatic carbocycles. The topological polar surface area (TPSA) is 87.7 Å². The van der Waals surface area contributed by atoms with Crippen molar-refractivity contribution in [3.8, 4) is 12.5 Å². The molecule has 3 amide bonds. The average Bonchev–Trinajstić information content (AvgIpc) is 2.63. The number of carbonyl (C=O) groups is 3. The Balaban J connectivity index is 3.43. The summed E-state index contributed by atoms with van der Waals surface area (Å²) in [6.07, 6.45) is 5.04. The minimum absolute atomic E-state index is 0.148. The minimum atomic E-state index is -1.04. The van der Waals surface area contributed by atoms with Gasteiger partial charge in [0.25, 0.3) is 5.91 Å². The first kappa shape index (κ1) is 27.0. The van der Waals surface area contributed by atoms with E-state index >= 15 is 0 Å². The third kappa shape index (κ3) is 7.60. The van der Waals surface area contributed by atoms with Gasteiger partial charge in [-0.2, -0.15) is 0 Å². The summed E-state index contributed by atoms with van der Waals surface area (Å²) in [7, 11) is 0. The Bertz CT molecular complexity index is 878. The highest BCUT2D eigenvalue weighted by Crippen LogP contribution is 2.27. The number of nitrogens with zero attached hydrogens (tertiary/aromatic N) is 1. The maximum atomic E-state index is 13.6. The molecule has 0 radical (unpaired) electrons. The van der Waals surface area contributed by atoms with Crippen molar-refractivity contribution in [2.45, 2.75) is 86.0 Å². The monoisotopic (exact) mass is 443 g/mol. The number of nitrogens with one attached hydrogen (secondary N) is 2. The summed E-state index contributed by atoms with van der Waals surface area (Å²) in [5, 5.41) is 5.48. The molecule has 1 rings (SSSR count). The number of terminal acetylenes is 1. The van der Waals surface area contributed by atoms with E-state index in [0.29, 0.717) is 5.56 Å². The van der Waals surface area contributed by atoms with Crippen LogP contribution >= 0.6 is 0 Å². The number of hydrogen-bond acceptors (Lipinski definition) is 4. The molecule has 2 unspecified atom stereocenters. The lowest BCUT2D eigenvalue weighted by atomic mass is 9.95. The van der Waals surface area contributed by atoms with Crippen LogP contribution in [0.1, 0.15) is 71.2 Å². The van der Waals surface area contributed by atoms with E-state index in [1.807, 2.05) is 45.9 Å². The number of carbonyl (C=O) groups excluding carboxylic acids is 3. The van der Waals surface area contributed by atoms with Crippen molar-refractivity contribution in [1.29, 1.82) is 0 Å². The molecule has 176 valence electrons. The molecule has 2 N–H and O–H groups in total. The molecule has 32 heavy (non-hydrogen) atoms. The van der Waals surface area contributed by atoms with Crippen LogP contribution in [0.4, 0.5) is 4.79 Å². The number of aryl methyl sites for hydroxylation is 2. The summed E-state index contributed by atoms with van der Waals surface area (Å²) in [6, 6.07) is 5.89. The van der Waals surface area contributed by atoms with E-state index < -0.39 is 29.7 Å². The average molecular weight is 444 g/mol. The van der Waals surface area contributed by atoms with Crippen molar-refractivity contribution in [3.63, 3.8) is 0 Å². The summed E-state index contributed by atoms with van der Waals surface area (Å²) < 4.78 is 5.31. The number of benzene rings is 1. The summed E-state index contributed by atoms with van der Waals surface area (Å²) in [5.74, 6) is -1.24. The Morgan fingerprint density at radius 1 is 1.06 bits per heavy atom. The molecule has 0 aromatic heterocycles. The number of rotatable bonds is 7. The van der Waals surface area contributed by atoms with Gasteiger partial charge in [0.15, 0.2) is 0 Å². The van der Waals surface area contributed by atoms with Gasteiger partial charge in [0.05, 0.1) is 0 Å². The van der Waals surface area contributed by atoms with Gasteiger partial charge in [-0.25, -0.2) is 4.79 Å². The van der Waals surface area contributed by atoms with E-state index in [2.05, 4.69) is 16.7 Å². The quantitative estimate of drug-likeness (QED) is 0.495. The number of alkyl carbamates (subject to hydrolysis) is 1. The number of amides is 3. The van der Waals surface area contributed by atoms with Crippen LogP contribution in [0.3, 0.4) is 0 Å². The Hall–Kier alpha value is -3.01. The van der Waals surface area contributed by atoms with Gasteiger partial charge in [0.2, 0.25) is 5.91 Å². The van der Waals surface area contributed by atoms with E-state index in [0.717, 1.165) is 16.0 Å². The molecule has 0 spiro atoms. The lowest BCUT2D eigenvalue weighted by Crippen LogP contribution is -2.54. The van der Waals surface area contributed by atoms with Crippen LogP contribution in [0.5, 0.6) is 0 Å². The van der Waals surface area contributed by atoms with Gasteiger partial charge in [0, 0.05) is 12.1 Å². The Kier molecular flexibility index (Phi) is 9.32. The molecule has 0 aliphatic rings. The van der Waals surface area contributed by atoms with Crippen molar-refractivity contribution in [2.24, 2.45) is 5.92 Å². The Labute approximate surface area is 192 Å². The largest absolute Gasteiger partial charge is 0.444 e. The highest BCUT2D eigenvalue weighted by atomic mass is 16.6. The zero-order chi connectivity index (χ0) is 24.8. The van der Waals surface area contributed by atoms with Gasteiger partial charge in [-0.05, 0) is 65.5 Å². The first-order valence-electron chi connectivity index (χ1n) is 10.8. The molecule has 7 heteroatoms. The van der Waals surface area contributed by atoms with Gasteiger partial charge in [-0.15, -0.1) is 0 Å². The van der Waals surface area contributed by atoms with Crippen LogP contribution in [-0.2, 0) is 14.3 Å². The molecule has 0 heterocycles. The summed E-state index contributed by atoms with van der Waals surface area (Å²) >= 11 is 0. The summed E-state index contributed by atoms with van der Waals surface area (Å²) in [5.41, 5.74) is 1.67. The van der Waals surface area contributed by atoms with Gasteiger partial charge in [-0.3, -0.25) is 14.5 Å². The lowest BCUT2D eigenvalue weighted by Gasteiger charge is -2.32. The highest BCUT2D eigenvalue weighted by Gasteiger charge is 2.37. The van der Waals surface area contributed by atoms with Gasteiger partial charge >= 0.3 is 6.09 Å². The van der Waals surface area contributed by atoms with E-state index in [4.69, 9.17) is 11.2 Å². The van der Waals surface area contributed by atoms with Gasteiger partial charge < -0.3 is 15.4 Å². The Morgan fingerprint density at radius 2 is 1.66 bits per heavy atom. The molecule has 7 nitrogen and oxygen atoms in total. The molecule has 0 saturated carbocycles. The summed E-state index contributed by atoms with van der Waals surface area (Å²) in [6.45, 7) is 16.2. The minimum Gasteiger partial charge on any atom is -0.444 e. The standard InChI is InChI=1S/C25H37N3O4/c1-11-28(23(30)20(15(2)3)27-24(31)32-25(8,9)10)21(22(29)26-16(4)5)19-14-17(6)12-13-18(19)7/h1,12-16,20-21H,2-10H3,(H,26,29)(H,27,31). The predicted molar refractivity (Wildman–Crippen MR) is 126 cm³/mol. The third-order valence-corrected chi connectivity index (χ3v) is 4.65. The van der Waals surface area contributed by atoms with Crippen LogP contribution in [0, 0.1) is 32.2 Å². The first-order chi connectivity index (χ1) is 14.7. The van der Waals surface area contributed by atoms with Crippen LogP contribution in [-0.4, -0.2) is 40.5 Å². The third-order valence-electron chi connectivity index (χ3n) is 4.65. The second kappa shape index (κ2) is 11.0. The molecule has 1 aromatic rings. The van der Waals surface area contributed by atoms with Crippen molar-refractivity contribution >= 4 is 17.9 Å². The fraction of sp³-hybridized carbons (Fsp3) is 0.560. The highest BCUT2D eigenvalue weighted by molar-refractivity contribution is 5.93. The molecule has 0 bridgehead atoms. The fourth-order valence-corrected chi connectivity index (χ4v) is 3.18. The number of hydrogen-bond donors (Lipinski definition) is 2. The predicted octanol–water partition coefficient (Wildman–Crippen LogP) is 3.84. The molecule has 0 aliphatic carbocycles. The second-order valence-electron chi connectivity index (χ2n) is 9.63. The smallest absolute Gasteiger partial charge is 0.408 e. The van der Waals surface area contributed by atoms with Crippen LogP contribution < -0.4 is 10.6 Å². The van der Waals surface area contributed by atoms with Crippen LogP contribution in [0.2, 0.25) is 0 Å². The molecule has 0 saturated heterocycles. The van der Waals surface area contributed by atoms with E-state index in [1.165, 1.54) is 0 Å². The molecule has 0 aliphatic heterocycles. The normalized spacial score (nSPS) is 13.2. The summed E-state index contributed by atoms with van der Waals surface area (Å²) in [4.78, 5) is 40.2. The van der Waals surface area contributed by atoms with E-state index in [9.17, 15) is 14.4 Å². The second-order valence-corrected chi connectivity index (χ2v) is 9.63. The van der Waals surface area contributed by atoms with Crippen LogP contribution in [0.25, 0.3) is 0 Å². The maximum Gasteiger partial charge on any atom is 0.408 e. The fourth-order valence-electron chi connectivity index (χ4n) is 3.18. The maximum absolute atomic E-state index is 13.6. The van der Waals surface area contributed by atoms with E-state index in [-0.39, 0.29) is 17.9 Å². The van der Waals surface area contributed by atoms with Crippen molar-refractivity contribution in [1.82, 2.24) is 15.5 Å². The van der Waals surface area contributed by atoms with Crippen molar-refractivity contribution in [2.75, 3.05) is 0 Å². The SMILES string of the molecule is C#CN(C(=O)C(NC(=O)OC(C)(C)C)C(C)C)C(C(=O)NC(C)C)c1cc(C)ccc1C. The Morgan fingerprint density at radius 3 is 2.12 bits per heavy atom. The van der Waals surface area contributed by atoms with Gasteiger partial charge in [0.1, 0.15) is 17.7 Å². The first-order valence-corrected chi connectivity index (χ1v) is 10.8. The molecular weight excluding hydrogens is 406 g/mol. The van der Waals surface area contributed by atoms with Crippen molar-refractivity contribution in [3.05, 3.63) is 34.9 Å². The molecule has 2 atom stereocenters. The van der Waals surface area contributed by atoms with Crippen molar-refractivity contribution < 1.29 is 19.1 Å². The number of ether oxygens (including phenoxy) is 1. The molecule has 0 fully saturated rings. The van der Waals surface area contributed by atoms with Crippen LogP contribution in [0.15, 0.2) is 18.2 Å². The molecular formula is C25H37N3O4.